The van der Waals surface area contributed by atoms with Gasteiger partial charge >= 0.3 is 6.03 Å². The normalized spacial score (nSPS) is 14.2. The average molecular weight is 519 g/mol. The number of nitrogens with one attached hydrogen (secondary N) is 3. The molecule has 0 atom stereocenters. The Morgan fingerprint density at radius 1 is 1.03 bits per heavy atom. The van der Waals surface area contributed by atoms with E-state index in [2.05, 4.69) is 40.8 Å². The van der Waals surface area contributed by atoms with Gasteiger partial charge in [-0.2, -0.15) is 0 Å². The Bertz CT molecular complexity index is 1160. The molecule has 7 heteroatoms. The van der Waals surface area contributed by atoms with E-state index in [9.17, 15) is 9.59 Å². The average Bonchev–Trinajstić information content (AvgIpc) is 3.39. The molecule has 2 aromatic rings. The van der Waals surface area contributed by atoms with Gasteiger partial charge in [-0.3, -0.25) is 4.79 Å². The number of allylic oxidation sites excluding steroid dienone is 3. The number of likely N-dealkylation sites (tertiary alicyclic amines) is 1. The first-order valence-corrected chi connectivity index (χ1v) is 13.5. The lowest BCUT2D eigenvalue weighted by molar-refractivity contribution is 0.0949. The Morgan fingerprint density at radius 3 is 2.50 bits per heavy atom. The summed E-state index contributed by atoms with van der Waals surface area (Å²) >= 11 is 0. The molecule has 7 nitrogen and oxygen atoms in total. The van der Waals surface area contributed by atoms with E-state index in [-0.39, 0.29) is 11.9 Å². The Labute approximate surface area is 227 Å². The molecule has 3 rings (SSSR count). The molecule has 204 valence electrons. The monoisotopic (exact) mass is 518 g/mol. The van der Waals surface area contributed by atoms with Crippen molar-refractivity contribution in [3.8, 4) is 11.5 Å². The number of hydrogen-bond acceptors (Lipinski definition) is 4. The number of urea groups is 1. The van der Waals surface area contributed by atoms with Crippen LogP contribution in [0.15, 0.2) is 60.2 Å². The van der Waals surface area contributed by atoms with Gasteiger partial charge in [0, 0.05) is 25.2 Å². The maximum atomic E-state index is 12.9. The first-order chi connectivity index (χ1) is 18.2. The van der Waals surface area contributed by atoms with E-state index in [1.54, 1.807) is 18.2 Å². The Kier molecular flexibility index (Phi) is 11.0. The van der Waals surface area contributed by atoms with E-state index >= 15 is 0 Å². The van der Waals surface area contributed by atoms with Gasteiger partial charge in [0.1, 0.15) is 5.75 Å². The van der Waals surface area contributed by atoms with Crippen LogP contribution in [0.2, 0.25) is 0 Å². The Hall–Kier alpha value is -3.58. The van der Waals surface area contributed by atoms with Crippen molar-refractivity contribution in [2.45, 2.75) is 47.5 Å². The third-order valence-corrected chi connectivity index (χ3v) is 6.51. The summed E-state index contributed by atoms with van der Waals surface area (Å²) < 4.78 is 6.13. The van der Waals surface area contributed by atoms with Crippen LogP contribution in [-0.2, 0) is 0 Å². The molecule has 0 bridgehead atoms. The largest absolute Gasteiger partial charge is 0.455 e. The minimum atomic E-state index is -0.373. The number of carbonyl (C=O) groups excluding carboxylic acids is 2. The molecule has 0 aliphatic carbocycles. The van der Waals surface area contributed by atoms with Gasteiger partial charge in [0.2, 0.25) is 0 Å². The molecule has 2 aromatic carbocycles. The lowest BCUT2D eigenvalue weighted by atomic mass is 10.1. The van der Waals surface area contributed by atoms with Crippen LogP contribution in [0.4, 0.5) is 10.5 Å². The molecule has 3 amide bonds. The molecule has 38 heavy (non-hydrogen) atoms. The molecule has 0 unspecified atom stereocenters. The highest BCUT2D eigenvalue weighted by atomic mass is 16.5. The summed E-state index contributed by atoms with van der Waals surface area (Å²) in [7, 11) is 0. The number of ether oxygens (including phenoxy) is 1. The topological polar surface area (TPSA) is 82.7 Å². The molecule has 0 saturated carbocycles. The number of anilines is 1. The summed E-state index contributed by atoms with van der Waals surface area (Å²) in [5.41, 5.74) is 4.19. The molecule has 1 aliphatic rings. The van der Waals surface area contributed by atoms with Gasteiger partial charge in [0.25, 0.3) is 5.91 Å². The van der Waals surface area contributed by atoms with Crippen LogP contribution in [0.1, 0.15) is 55.1 Å². The van der Waals surface area contributed by atoms with Crippen molar-refractivity contribution in [2.75, 3.05) is 38.0 Å². The number of carbonyl (C=O) groups is 2. The van der Waals surface area contributed by atoms with Crippen molar-refractivity contribution in [3.63, 3.8) is 0 Å². The molecule has 1 heterocycles. The lowest BCUT2D eigenvalue weighted by Crippen LogP contribution is -2.33. The summed E-state index contributed by atoms with van der Waals surface area (Å²) in [5.74, 6) is 1.41. The van der Waals surface area contributed by atoms with Crippen LogP contribution in [0.5, 0.6) is 11.5 Å². The van der Waals surface area contributed by atoms with Crippen molar-refractivity contribution in [2.24, 2.45) is 5.92 Å². The van der Waals surface area contributed by atoms with E-state index in [1.165, 1.54) is 18.4 Å². The fourth-order valence-electron chi connectivity index (χ4n) is 4.09. The second-order valence-corrected chi connectivity index (χ2v) is 10.3. The fraction of sp³-hybridized carbons (Fsp3) is 0.419. The predicted molar refractivity (Wildman–Crippen MR) is 155 cm³/mol. The molecular formula is C31H42N4O3. The molecule has 0 aromatic heterocycles. The third-order valence-electron chi connectivity index (χ3n) is 6.51. The lowest BCUT2D eigenvalue weighted by Gasteiger charge is -2.16. The molecule has 0 radical (unpaired) electrons. The summed E-state index contributed by atoms with van der Waals surface area (Å²) in [5, 5.41) is 8.74. The minimum Gasteiger partial charge on any atom is -0.455 e. The zero-order valence-corrected chi connectivity index (χ0v) is 23.4. The molecule has 0 spiro atoms. The maximum absolute atomic E-state index is 12.9. The second kappa shape index (κ2) is 14.4. The van der Waals surface area contributed by atoms with Gasteiger partial charge in [0.05, 0.1) is 5.69 Å². The van der Waals surface area contributed by atoms with E-state index in [4.69, 9.17) is 4.74 Å². The second-order valence-electron chi connectivity index (χ2n) is 10.3. The molecular weight excluding hydrogens is 476 g/mol. The molecule has 1 saturated heterocycles. The smallest absolute Gasteiger partial charge is 0.319 e. The number of rotatable bonds is 11. The van der Waals surface area contributed by atoms with Crippen molar-refractivity contribution in [3.05, 3.63) is 76.9 Å². The highest BCUT2D eigenvalue weighted by Crippen LogP contribution is 2.31. The summed E-state index contributed by atoms with van der Waals surface area (Å²) in [6, 6.07) is 10.6. The van der Waals surface area contributed by atoms with Crippen LogP contribution in [-0.4, -0.2) is 49.6 Å². The minimum absolute atomic E-state index is 0.180. The van der Waals surface area contributed by atoms with Crippen LogP contribution in [0.3, 0.4) is 0 Å². The van der Waals surface area contributed by atoms with E-state index in [0.717, 1.165) is 30.8 Å². The summed E-state index contributed by atoms with van der Waals surface area (Å²) in [6.07, 6.45) is 8.53. The molecule has 1 aliphatic heterocycles. The van der Waals surface area contributed by atoms with Crippen molar-refractivity contribution >= 4 is 17.6 Å². The predicted octanol–water partition coefficient (Wildman–Crippen LogP) is 6.20. The van der Waals surface area contributed by atoms with Crippen LogP contribution in [0, 0.1) is 19.8 Å². The quantitative estimate of drug-likeness (QED) is 0.309. The van der Waals surface area contributed by atoms with Gasteiger partial charge in [-0.25, -0.2) is 4.79 Å². The zero-order valence-electron chi connectivity index (χ0n) is 23.4. The van der Waals surface area contributed by atoms with Gasteiger partial charge in [0.15, 0.2) is 5.75 Å². The third kappa shape index (κ3) is 9.38. The number of aryl methyl sites for hydroxylation is 2. The van der Waals surface area contributed by atoms with E-state index < -0.39 is 0 Å². The summed E-state index contributed by atoms with van der Waals surface area (Å²) in [4.78, 5) is 28.0. The fourth-order valence-corrected chi connectivity index (χ4v) is 4.09. The Morgan fingerprint density at radius 2 is 1.79 bits per heavy atom. The van der Waals surface area contributed by atoms with Gasteiger partial charge < -0.3 is 25.6 Å². The van der Waals surface area contributed by atoms with E-state index in [1.807, 2.05) is 51.1 Å². The van der Waals surface area contributed by atoms with Crippen LogP contribution >= 0.6 is 0 Å². The van der Waals surface area contributed by atoms with Crippen molar-refractivity contribution in [1.82, 2.24) is 15.5 Å². The van der Waals surface area contributed by atoms with Crippen LogP contribution < -0.4 is 20.7 Å². The van der Waals surface area contributed by atoms with Crippen molar-refractivity contribution in [1.29, 1.82) is 0 Å². The van der Waals surface area contributed by atoms with Gasteiger partial charge in [-0.15, -0.1) is 0 Å². The first-order valence-electron chi connectivity index (χ1n) is 13.5. The van der Waals surface area contributed by atoms with Gasteiger partial charge in [-0.1, -0.05) is 43.7 Å². The van der Waals surface area contributed by atoms with Crippen LogP contribution in [0.25, 0.3) is 0 Å². The SMILES string of the molecule is C/C(=C/C=C\C(C)C)CNC(=O)Nc1cc(C(=O)NCCN2CCCC2)ccc1Oc1ccc(C)c(C)c1. The number of nitrogens with zero attached hydrogens (tertiary/aromatic N) is 1. The van der Waals surface area contributed by atoms with Gasteiger partial charge in [-0.05, 0) is 94.1 Å². The molecule has 3 N–H and O–H groups in total. The highest BCUT2D eigenvalue weighted by molar-refractivity contribution is 5.98. The number of hydrogen-bond donors (Lipinski definition) is 3. The first kappa shape index (κ1) is 29.0. The van der Waals surface area contributed by atoms with Crippen molar-refractivity contribution < 1.29 is 14.3 Å². The zero-order chi connectivity index (χ0) is 27.5. The maximum Gasteiger partial charge on any atom is 0.319 e. The van der Waals surface area contributed by atoms with E-state index in [0.29, 0.717) is 41.8 Å². The standard InChI is InChI=1S/C31H42N4O3/c1-22(2)9-8-10-23(3)21-33-31(37)34-28-20-26(30(36)32-15-18-35-16-6-7-17-35)12-14-29(28)38-27-13-11-24(4)25(5)19-27/h8-14,19-20,22H,6-7,15-18,21H2,1-5H3,(H,32,36)(H2,33,34,37)/b9-8-,23-10-. The molecule has 1 fully saturated rings. The summed E-state index contributed by atoms with van der Waals surface area (Å²) in [6.45, 7) is 14.3. The number of amides is 3. The Balaban J connectivity index is 1.71. The number of benzene rings is 2. The highest BCUT2D eigenvalue weighted by Gasteiger charge is 2.15.